The lowest BCUT2D eigenvalue weighted by Crippen LogP contribution is -2.78. The minimum Gasteiger partial charge on any atom is -0.404 e. The molecule has 1 amide bonds. The Morgan fingerprint density at radius 3 is 1.94 bits per heavy atom. The third-order valence-electron chi connectivity index (χ3n) is 8.68. The van der Waals surface area contributed by atoms with Crippen molar-refractivity contribution in [3.63, 3.8) is 0 Å². The number of rotatable bonds is 14. The first-order valence-electron chi connectivity index (χ1n) is 15.5. The first-order chi connectivity index (χ1) is 24.4. The molecule has 5 atom stereocenters. The number of sulfonamides is 1. The number of ketones is 1. The van der Waals surface area contributed by atoms with Gasteiger partial charge in [0, 0.05) is 12.2 Å². The molecule has 0 saturated carbocycles. The van der Waals surface area contributed by atoms with Crippen molar-refractivity contribution in [3.05, 3.63) is 60.2 Å². The lowest BCUT2D eigenvalue weighted by atomic mass is 9.83. The number of benzene rings is 2. The number of amides is 1. The van der Waals surface area contributed by atoms with Crippen LogP contribution >= 0.6 is 0 Å². The highest BCUT2D eigenvalue weighted by Crippen LogP contribution is 2.61. The molecule has 0 aromatic heterocycles. The Morgan fingerprint density at radius 1 is 0.889 bits per heavy atom. The highest BCUT2D eigenvalue weighted by molar-refractivity contribution is 7.89. The molecule has 5 unspecified atom stereocenters. The van der Waals surface area contributed by atoms with Crippen molar-refractivity contribution in [2.45, 2.75) is 90.8 Å². The van der Waals surface area contributed by atoms with Gasteiger partial charge in [-0.15, -0.1) is 4.31 Å². The molecule has 0 aliphatic carbocycles. The minimum absolute atomic E-state index is 0.0429. The number of Topliss-reactive ketones (excluding diaryl/α,β-unsaturated/α-hetero) is 1. The van der Waals surface area contributed by atoms with Crippen LogP contribution in [0.5, 0.6) is 0 Å². The standard InChI is InChI=1S/C30H41N3O20S/c1-16(34)15-50-21(14-33(27(41,42)23(2,3)36)54(48,49)19-11-9-18(31)10-12-19)20(13-17-7-5-4-6-8-17)32-22(35)51-26(40)24(37)25(38,39)28(43,44)52-30(24,47)53-29(26,45)46/h4-12,20-21,36-47H,13-15,31H2,1-3H3,(H,32,35). The Morgan fingerprint density at radius 2 is 1.43 bits per heavy atom. The number of hydrogen-bond acceptors (Lipinski definition) is 21. The summed E-state index contributed by atoms with van der Waals surface area (Å²) in [5, 5.41) is 129. The van der Waals surface area contributed by atoms with Crippen LogP contribution in [-0.4, -0.2) is 158 Å². The van der Waals surface area contributed by atoms with Gasteiger partial charge >= 0.3 is 29.8 Å². The molecule has 2 aromatic carbocycles. The van der Waals surface area contributed by atoms with Gasteiger partial charge in [0.2, 0.25) is 10.0 Å². The zero-order chi connectivity index (χ0) is 41.1. The summed E-state index contributed by atoms with van der Waals surface area (Å²) in [6.45, 7) is 0.595. The lowest BCUT2D eigenvalue weighted by Gasteiger charge is -2.44. The number of hydrogen-bond donors (Lipinski definition) is 14. The lowest BCUT2D eigenvalue weighted by molar-refractivity contribution is -0.530. The average molecular weight is 796 g/mol. The van der Waals surface area contributed by atoms with Gasteiger partial charge in [0.15, 0.2) is 5.78 Å². The molecule has 302 valence electrons. The number of carbonyl (C=O) groups is 2. The molecule has 2 fully saturated rings. The number of nitrogen functional groups attached to an aromatic ring is 1. The fourth-order valence-electron chi connectivity index (χ4n) is 5.58. The summed E-state index contributed by atoms with van der Waals surface area (Å²) in [7, 11) is -5.11. The summed E-state index contributed by atoms with van der Waals surface area (Å²) in [5.74, 6) is -27.3. The minimum atomic E-state index is -5.11. The number of aliphatic hydroxyl groups is 12. The Labute approximate surface area is 305 Å². The van der Waals surface area contributed by atoms with Gasteiger partial charge in [-0.3, -0.25) is 14.3 Å². The number of fused-ring (bicyclic) bond motifs is 1. The van der Waals surface area contributed by atoms with Gasteiger partial charge in [-0.2, -0.15) is 0 Å². The molecular weight excluding hydrogens is 754 g/mol. The highest BCUT2D eigenvalue weighted by Gasteiger charge is 2.98. The van der Waals surface area contributed by atoms with Crippen LogP contribution in [0.15, 0.2) is 59.5 Å². The van der Waals surface area contributed by atoms with E-state index in [0.29, 0.717) is 5.56 Å². The van der Waals surface area contributed by atoms with E-state index in [2.05, 4.69) is 14.2 Å². The van der Waals surface area contributed by atoms with E-state index in [4.69, 9.17) is 10.5 Å². The molecule has 2 aromatic rings. The normalized spacial score (nSPS) is 27.3. The van der Waals surface area contributed by atoms with Gasteiger partial charge < -0.3 is 81.8 Å². The molecule has 2 heterocycles. The topological polar surface area (TPSA) is 389 Å². The number of carbonyl (C=O) groups excluding carboxylic acids is 2. The maximum atomic E-state index is 14.0. The average Bonchev–Trinajstić information content (AvgIpc) is 3.21. The van der Waals surface area contributed by atoms with Crippen LogP contribution in [0, 0.1) is 0 Å². The predicted molar refractivity (Wildman–Crippen MR) is 171 cm³/mol. The summed E-state index contributed by atoms with van der Waals surface area (Å²) in [5.41, 5.74) is -1.32. The second-order valence-corrected chi connectivity index (χ2v) is 15.1. The van der Waals surface area contributed by atoms with Gasteiger partial charge in [0.05, 0.1) is 17.0 Å². The molecule has 4 rings (SSSR count). The summed E-state index contributed by atoms with van der Waals surface area (Å²) >= 11 is 0. The summed E-state index contributed by atoms with van der Waals surface area (Å²) in [6, 6.07) is 9.98. The van der Waals surface area contributed by atoms with Crippen molar-refractivity contribution >= 4 is 27.6 Å². The third-order valence-corrected chi connectivity index (χ3v) is 10.5. The van der Waals surface area contributed by atoms with E-state index in [9.17, 15) is 79.3 Å². The fraction of sp³-hybridized carbons (Fsp3) is 0.533. The molecule has 0 radical (unpaired) electrons. The first-order valence-corrected chi connectivity index (χ1v) is 17.0. The highest BCUT2D eigenvalue weighted by atomic mass is 32.2. The van der Waals surface area contributed by atoms with E-state index in [1.807, 2.05) is 5.32 Å². The van der Waals surface area contributed by atoms with Crippen LogP contribution < -0.4 is 11.1 Å². The Hall–Kier alpha value is -3.51. The van der Waals surface area contributed by atoms with Gasteiger partial charge in [-0.1, -0.05) is 30.3 Å². The van der Waals surface area contributed by atoms with E-state index < -0.39 is 105 Å². The second-order valence-electron chi connectivity index (χ2n) is 13.2. The molecule has 2 aliphatic rings. The fourth-order valence-corrected chi connectivity index (χ4v) is 7.22. The van der Waals surface area contributed by atoms with Crippen LogP contribution in [0.1, 0.15) is 26.3 Å². The van der Waals surface area contributed by atoms with Gasteiger partial charge in [-0.05, 0) is 57.0 Å². The summed E-state index contributed by atoms with van der Waals surface area (Å²) in [4.78, 5) is 25.0. The largest absolute Gasteiger partial charge is 0.410 e. The first kappa shape index (κ1) is 43.2. The van der Waals surface area contributed by atoms with E-state index >= 15 is 0 Å². The molecule has 2 saturated heterocycles. The number of nitrogens with one attached hydrogen (secondary N) is 1. The second kappa shape index (κ2) is 13.9. The van der Waals surface area contributed by atoms with E-state index in [1.165, 1.54) is 24.3 Å². The Bertz CT molecular complexity index is 1820. The molecule has 24 heteroatoms. The van der Waals surface area contributed by atoms with Crippen molar-refractivity contribution in [1.82, 2.24) is 9.62 Å². The molecular formula is C30H41N3O20S. The van der Waals surface area contributed by atoms with Crippen molar-refractivity contribution in [2.24, 2.45) is 0 Å². The SMILES string of the molecule is CC(=O)COC(CN(C(O)(O)C(C)(C)O)S(=O)(=O)c1ccc(N)cc1)C(Cc1ccccc1)NC(=O)OC1(O)C(O)(O)OC2(O)OC(O)(O)C(O)(O)C21O. The monoisotopic (exact) mass is 795 g/mol. The van der Waals surface area contributed by atoms with E-state index in [0.717, 1.165) is 45.0 Å². The molecule has 0 spiro atoms. The third kappa shape index (κ3) is 7.06. The zero-order valence-electron chi connectivity index (χ0n) is 28.5. The van der Waals surface area contributed by atoms with Crippen molar-refractivity contribution in [3.8, 4) is 0 Å². The zero-order valence-corrected chi connectivity index (χ0v) is 29.4. The number of alkyl carbamates (subject to hydrolysis) is 1. The van der Waals surface area contributed by atoms with Crippen molar-refractivity contribution in [2.75, 3.05) is 18.9 Å². The van der Waals surface area contributed by atoms with Crippen LogP contribution in [-0.2, 0) is 40.2 Å². The molecule has 0 bridgehead atoms. The van der Waals surface area contributed by atoms with E-state index in [1.54, 1.807) is 6.07 Å². The predicted octanol–water partition coefficient (Wildman–Crippen LogP) is -5.94. The Kier molecular flexibility index (Phi) is 11.1. The van der Waals surface area contributed by atoms with Gasteiger partial charge in [-0.25, -0.2) is 13.2 Å². The number of nitrogens with zero attached hydrogens (tertiary/aromatic N) is 1. The molecule has 15 N–H and O–H groups in total. The number of anilines is 1. The summed E-state index contributed by atoms with van der Waals surface area (Å²) < 4.78 is 46.4. The molecule has 23 nitrogen and oxygen atoms in total. The van der Waals surface area contributed by atoms with Crippen LogP contribution in [0.2, 0.25) is 0 Å². The van der Waals surface area contributed by atoms with Crippen LogP contribution in [0.3, 0.4) is 0 Å². The van der Waals surface area contributed by atoms with Crippen molar-refractivity contribution < 1.29 is 98.2 Å². The molecule has 2 aliphatic heterocycles. The van der Waals surface area contributed by atoms with Crippen LogP contribution in [0.4, 0.5) is 10.5 Å². The Balaban J connectivity index is 1.83. The summed E-state index contributed by atoms with van der Waals surface area (Å²) in [6.07, 6.45) is -4.54. The smallest absolute Gasteiger partial charge is 0.404 e. The van der Waals surface area contributed by atoms with E-state index in [-0.39, 0.29) is 9.99 Å². The van der Waals surface area contributed by atoms with Crippen LogP contribution in [0.25, 0.3) is 0 Å². The number of nitrogens with two attached hydrogens (primary N) is 1. The van der Waals surface area contributed by atoms with Gasteiger partial charge in [0.25, 0.3) is 17.3 Å². The number of ether oxygens (including phenoxy) is 4. The quantitative estimate of drug-likeness (QED) is 0.0625. The maximum Gasteiger partial charge on any atom is 0.410 e. The van der Waals surface area contributed by atoms with Gasteiger partial charge in [0.1, 0.15) is 12.2 Å². The maximum absolute atomic E-state index is 14.0. The van der Waals surface area contributed by atoms with Crippen molar-refractivity contribution in [1.29, 1.82) is 0 Å². The molecule has 54 heavy (non-hydrogen) atoms.